The predicted octanol–water partition coefficient (Wildman–Crippen LogP) is 7.89. The van der Waals surface area contributed by atoms with Gasteiger partial charge < -0.3 is 15.4 Å². The maximum Gasteiger partial charge on any atom is 0.338 e. The molecule has 0 fully saturated rings. The van der Waals surface area contributed by atoms with Gasteiger partial charge in [0.1, 0.15) is 0 Å². The maximum atomic E-state index is 13.1. The van der Waals surface area contributed by atoms with E-state index in [1.54, 1.807) is 11.8 Å². The van der Waals surface area contributed by atoms with E-state index in [2.05, 4.69) is 17.6 Å². The van der Waals surface area contributed by atoms with Gasteiger partial charge in [-0.05, 0) is 43.9 Å². The van der Waals surface area contributed by atoms with Gasteiger partial charge in [0, 0.05) is 24.4 Å². The molecule has 0 aromatic heterocycles. The number of urea groups is 1. The molecule has 39 heavy (non-hydrogen) atoms. The van der Waals surface area contributed by atoms with Gasteiger partial charge in [0.05, 0.1) is 18.2 Å². The average Bonchev–Trinajstić information content (AvgIpc) is 2.90. The van der Waals surface area contributed by atoms with Crippen molar-refractivity contribution in [3.8, 4) is 0 Å². The topological polar surface area (TPSA) is 87.7 Å². The standard InChI is InChI=1S/C32H51N3O4/c1-6-8-9-10-11-12-13-14-15-16-17-21-28(36)33-27-20-18-19-26(22-27)30-29(31(37)39-23-24(3)4)25(5)35(7-2)32(38)34-30/h18-20,22,24,30H,6-17,21,23H2,1-5H3,(H,33,36)(H,34,38). The van der Waals surface area contributed by atoms with Crippen LogP contribution in [-0.4, -0.2) is 36.0 Å². The van der Waals surface area contributed by atoms with Gasteiger partial charge in [0.15, 0.2) is 0 Å². The van der Waals surface area contributed by atoms with Crippen molar-refractivity contribution >= 4 is 23.6 Å². The van der Waals surface area contributed by atoms with Gasteiger partial charge in [0.25, 0.3) is 0 Å². The van der Waals surface area contributed by atoms with Crippen LogP contribution in [0.4, 0.5) is 10.5 Å². The fourth-order valence-corrected chi connectivity index (χ4v) is 4.97. The fraction of sp³-hybridized carbons (Fsp3) is 0.656. The number of carbonyl (C=O) groups excluding carboxylic acids is 3. The van der Waals surface area contributed by atoms with E-state index in [4.69, 9.17) is 4.74 Å². The molecule has 2 rings (SSSR count). The number of hydrogen-bond donors (Lipinski definition) is 2. The van der Waals surface area contributed by atoms with Crippen molar-refractivity contribution in [3.05, 3.63) is 41.1 Å². The van der Waals surface area contributed by atoms with Gasteiger partial charge in [-0.3, -0.25) is 9.69 Å². The lowest BCUT2D eigenvalue weighted by atomic mass is 9.94. The highest BCUT2D eigenvalue weighted by Crippen LogP contribution is 2.32. The van der Waals surface area contributed by atoms with Crippen LogP contribution in [-0.2, 0) is 14.3 Å². The summed E-state index contributed by atoms with van der Waals surface area (Å²) in [6.45, 7) is 10.6. The Bertz CT molecular complexity index is 956. The Labute approximate surface area is 236 Å². The van der Waals surface area contributed by atoms with E-state index in [1.165, 1.54) is 57.8 Å². The van der Waals surface area contributed by atoms with Crippen LogP contribution >= 0.6 is 0 Å². The van der Waals surface area contributed by atoms with Crippen molar-refractivity contribution in [2.24, 2.45) is 5.92 Å². The summed E-state index contributed by atoms with van der Waals surface area (Å²) in [6.07, 6.45) is 14.2. The molecular formula is C32H51N3O4. The normalized spacial score (nSPS) is 15.5. The molecule has 0 radical (unpaired) electrons. The lowest BCUT2D eigenvalue weighted by Crippen LogP contribution is -2.48. The van der Waals surface area contributed by atoms with Crippen LogP contribution < -0.4 is 10.6 Å². The number of benzene rings is 1. The second kappa shape index (κ2) is 17.7. The number of nitrogens with zero attached hydrogens (tertiary/aromatic N) is 1. The summed E-state index contributed by atoms with van der Waals surface area (Å²) in [4.78, 5) is 40.0. The van der Waals surface area contributed by atoms with Gasteiger partial charge in [-0.2, -0.15) is 0 Å². The predicted molar refractivity (Wildman–Crippen MR) is 158 cm³/mol. The zero-order valence-electron chi connectivity index (χ0n) is 24.9. The molecule has 0 bridgehead atoms. The molecule has 1 unspecified atom stereocenters. The zero-order valence-corrected chi connectivity index (χ0v) is 24.9. The quantitative estimate of drug-likeness (QED) is 0.146. The number of amides is 3. The van der Waals surface area contributed by atoms with Gasteiger partial charge >= 0.3 is 12.0 Å². The van der Waals surface area contributed by atoms with E-state index >= 15 is 0 Å². The van der Waals surface area contributed by atoms with Crippen molar-refractivity contribution in [3.63, 3.8) is 0 Å². The Balaban J connectivity index is 1.91. The van der Waals surface area contributed by atoms with E-state index in [0.717, 1.165) is 18.4 Å². The van der Waals surface area contributed by atoms with E-state index in [0.29, 0.717) is 36.5 Å². The van der Waals surface area contributed by atoms with Crippen LogP contribution in [0.15, 0.2) is 35.5 Å². The minimum absolute atomic E-state index is 0.0174. The molecule has 7 nitrogen and oxygen atoms in total. The molecule has 1 aromatic rings. The van der Waals surface area contributed by atoms with Crippen molar-refractivity contribution in [2.45, 2.75) is 118 Å². The highest BCUT2D eigenvalue weighted by molar-refractivity contribution is 5.95. The number of unbranched alkanes of at least 4 members (excludes halogenated alkanes) is 10. The molecule has 0 spiro atoms. The molecule has 0 saturated carbocycles. The van der Waals surface area contributed by atoms with E-state index in [-0.39, 0.29) is 17.9 Å². The third-order valence-electron chi connectivity index (χ3n) is 7.19. The fourth-order valence-electron chi connectivity index (χ4n) is 4.97. The van der Waals surface area contributed by atoms with Crippen LogP contribution in [0.3, 0.4) is 0 Å². The number of rotatable bonds is 18. The van der Waals surface area contributed by atoms with E-state index in [9.17, 15) is 14.4 Å². The number of hydrogen-bond acceptors (Lipinski definition) is 4. The Morgan fingerprint density at radius 3 is 2.18 bits per heavy atom. The Hall–Kier alpha value is -2.83. The second-order valence-corrected chi connectivity index (χ2v) is 11.1. The number of carbonyl (C=O) groups is 3. The molecule has 3 amide bonds. The summed E-state index contributed by atoms with van der Waals surface area (Å²) >= 11 is 0. The Kier molecular flexibility index (Phi) is 14.7. The lowest BCUT2D eigenvalue weighted by Gasteiger charge is -2.35. The van der Waals surface area contributed by atoms with Gasteiger partial charge in [0.2, 0.25) is 5.91 Å². The molecular weight excluding hydrogens is 490 g/mol. The summed E-state index contributed by atoms with van der Waals surface area (Å²) in [5.74, 6) is -0.251. The first-order valence-electron chi connectivity index (χ1n) is 15.1. The summed E-state index contributed by atoms with van der Waals surface area (Å²) < 4.78 is 5.55. The van der Waals surface area contributed by atoms with Crippen LogP contribution in [0, 0.1) is 5.92 Å². The number of nitrogens with one attached hydrogen (secondary N) is 2. The first-order chi connectivity index (χ1) is 18.8. The van der Waals surface area contributed by atoms with Gasteiger partial charge in [-0.15, -0.1) is 0 Å². The molecule has 7 heteroatoms. The molecule has 2 N–H and O–H groups in total. The van der Waals surface area contributed by atoms with Crippen molar-refractivity contribution < 1.29 is 19.1 Å². The summed E-state index contributed by atoms with van der Waals surface area (Å²) in [7, 11) is 0. The molecule has 0 saturated heterocycles. The van der Waals surface area contributed by atoms with Crippen molar-refractivity contribution in [1.82, 2.24) is 10.2 Å². The smallest absolute Gasteiger partial charge is 0.338 e. The van der Waals surface area contributed by atoms with E-state index < -0.39 is 12.0 Å². The Morgan fingerprint density at radius 2 is 1.59 bits per heavy atom. The third-order valence-corrected chi connectivity index (χ3v) is 7.19. The van der Waals surface area contributed by atoms with Gasteiger partial charge in [-0.25, -0.2) is 9.59 Å². The number of esters is 1. The van der Waals surface area contributed by atoms with Crippen LogP contribution in [0.2, 0.25) is 0 Å². The van der Waals surface area contributed by atoms with E-state index in [1.807, 2.05) is 45.0 Å². The van der Waals surface area contributed by atoms with Gasteiger partial charge in [-0.1, -0.05) is 97.1 Å². The second-order valence-electron chi connectivity index (χ2n) is 11.1. The summed E-state index contributed by atoms with van der Waals surface area (Å²) in [5, 5.41) is 5.94. The molecule has 0 aliphatic carbocycles. The molecule has 218 valence electrons. The number of allylic oxidation sites excluding steroid dienone is 1. The third kappa shape index (κ3) is 11.1. The SMILES string of the molecule is CCCCCCCCCCCCCC(=O)Nc1cccc(C2NC(=O)N(CC)C(C)=C2C(=O)OCC(C)C)c1. The minimum atomic E-state index is -0.650. The molecule has 1 aliphatic rings. The maximum absolute atomic E-state index is 13.1. The monoisotopic (exact) mass is 541 g/mol. The number of anilines is 1. The largest absolute Gasteiger partial charge is 0.462 e. The first-order valence-corrected chi connectivity index (χ1v) is 15.1. The highest BCUT2D eigenvalue weighted by Gasteiger charge is 2.36. The molecule has 1 aliphatic heterocycles. The minimum Gasteiger partial charge on any atom is -0.462 e. The Morgan fingerprint density at radius 1 is 0.974 bits per heavy atom. The number of ether oxygens (including phenoxy) is 1. The molecule has 1 aromatic carbocycles. The highest BCUT2D eigenvalue weighted by atomic mass is 16.5. The summed E-state index contributed by atoms with van der Waals surface area (Å²) in [6, 6.07) is 6.44. The molecule has 1 atom stereocenters. The van der Waals surface area contributed by atoms with Crippen LogP contribution in [0.25, 0.3) is 0 Å². The lowest BCUT2D eigenvalue weighted by molar-refractivity contribution is -0.140. The summed E-state index contributed by atoms with van der Waals surface area (Å²) in [5.41, 5.74) is 2.38. The zero-order chi connectivity index (χ0) is 28.6. The first kappa shape index (κ1) is 32.4. The van der Waals surface area contributed by atoms with Crippen LogP contribution in [0.1, 0.15) is 123 Å². The van der Waals surface area contributed by atoms with Crippen molar-refractivity contribution in [1.29, 1.82) is 0 Å². The average molecular weight is 542 g/mol. The van der Waals surface area contributed by atoms with Crippen molar-refractivity contribution in [2.75, 3.05) is 18.5 Å². The molecule has 1 heterocycles. The van der Waals surface area contributed by atoms with Crippen LogP contribution in [0.5, 0.6) is 0 Å².